The van der Waals surface area contributed by atoms with E-state index in [1.807, 2.05) is 0 Å². The molecule has 2 N–H and O–H groups in total. The van der Waals surface area contributed by atoms with Crippen molar-refractivity contribution in [2.75, 3.05) is 17.8 Å². The number of carbonyl (C=O) groups excluding carboxylic acids is 1. The average Bonchev–Trinajstić information content (AvgIpc) is 2.68. The number of ether oxygens (including phenoxy) is 1. The molecule has 0 radical (unpaired) electrons. The lowest BCUT2D eigenvalue weighted by molar-refractivity contribution is -0.384. The molecule has 1 aliphatic rings. The summed E-state index contributed by atoms with van der Waals surface area (Å²) in [6, 6.07) is 10.5. The molecule has 2 aromatic carbocycles. The lowest BCUT2D eigenvalue weighted by atomic mass is 10.1. The summed E-state index contributed by atoms with van der Waals surface area (Å²) < 4.78 is 32.8. The molecule has 9 nitrogen and oxygen atoms in total. The third-order valence-electron chi connectivity index (χ3n) is 4.27. The number of benzene rings is 2. The van der Waals surface area contributed by atoms with Crippen LogP contribution in [0.5, 0.6) is 0 Å². The summed E-state index contributed by atoms with van der Waals surface area (Å²) in [5.74, 6) is -0.511. The third kappa shape index (κ3) is 4.84. The number of anilines is 1. The smallest absolute Gasteiger partial charge is 0.338 e. The van der Waals surface area contributed by atoms with Gasteiger partial charge in [-0.15, -0.1) is 0 Å². The number of carbonyl (C=O) groups is 1. The standard InChI is InChI=1S/C18H19N3O6S/c22-18(27-16-8-10-19-11-9-16)13-2-1-3-14(12-13)20-28(25,26)17-6-4-15(5-7-17)21(23)24/h1-7,12,16,19-20H,8-11H2. The highest BCUT2D eigenvalue weighted by atomic mass is 32.2. The molecule has 0 atom stereocenters. The lowest BCUT2D eigenvalue weighted by Crippen LogP contribution is -2.33. The number of nitrogens with zero attached hydrogens (tertiary/aromatic N) is 1. The van der Waals surface area contributed by atoms with Gasteiger partial charge >= 0.3 is 5.97 Å². The van der Waals surface area contributed by atoms with E-state index >= 15 is 0 Å². The van der Waals surface area contributed by atoms with Crippen LogP contribution < -0.4 is 10.0 Å². The van der Waals surface area contributed by atoms with Crippen molar-refractivity contribution < 1.29 is 22.9 Å². The first kappa shape index (κ1) is 19.8. The number of esters is 1. The molecule has 1 fully saturated rings. The fourth-order valence-electron chi connectivity index (χ4n) is 2.80. The van der Waals surface area contributed by atoms with Crippen LogP contribution in [0.4, 0.5) is 11.4 Å². The van der Waals surface area contributed by atoms with Crippen LogP contribution in [0.1, 0.15) is 23.2 Å². The summed E-state index contributed by atoms with van der Waals surface area (Å²) >= 11 is 0. The maximum atomic E-state index is 12.5. The normalized spacial score (nSPS) is 15.0. The first-order valence-electron chi connectivity index (χ1n) is 8.64. The number of nitro groups is 1. The molecule has 148 valence electrons. The molecule has 0 aliphatic carbocycles. The zero-order valence-corrected chi connectivity index (χ0v) is 15.6. The number of sulfonamides is 1. The Morgan fingerprint density at radius 3 is 2.46 bits per heavy atom. The van der Waals surface area contributed by atoms with Crippen molar-refractivity contribution in [3.8, 4) is 0 Å². The number of piperidine rings is 1. The summed E-state index contributed by atoms with van der Waals surface area (Å²) in [7, 11) is -3.96. The van der Waals surface area contributed by atoms with Crippen LogP contribution >= 0.6 is 0 Å². The minimum atomic E-state index is -3.96. The molecule has 0 aromatic heterocycles. The van der Waals surface area contributed by atoms with Crippen molar-refractivity contribution in [1.82, 2.24) is 5.32 Å². The van der Waals surface area contributed by atoms with E-state index in [0.717, 1.165) is 50.2 Å². The van der Waals surface area contributed by atoms with Crippen molar-refractivity contribution >= 4 is 27.4 Å². The molecule has 10 heteroatoms. The number of rotatable bonds is 6. The maximum Gasteiger partial charge on any atom is 0.338 e. The quantitative estimate of drug-likeness (QED) is 0.429. The van der Waals surface area contributed by atoms with Gasteiger partial charge < -0.3 is 10.1 Å². The second kappa shape index (κ2) is 8.36. The van der Waals surface area contributed by atoms with Gasteiger partial charge in [-0.05, 0) is 56.3 Å². The molecule has 2 aromatic rings. The predicted molar refractivity (Wildman–Crippen MR) is 102 cm³/mol. The highest BCUT2D eigenvalue weighted by Gasteiger charge is 2.20. The van der Waals surface area contributed by atoms with E-state index in [-0.39, 0.29) is 27.9 Å². The van der Waals surface area contributed by atoms with Gasteiger partial charge in [0.25, 0.3) is 15.7 Å². The number of hydrogen-bond acceptors (Lipinski definition) is 7. The van der Waals surface area contributed by atoms with Crippen molar-refractivity contribution in [2.45, 2.75) is 23.8 Å². The van der Waals surface area contributed by atoms with Crippen molar-refractivity contribution in [1.29, 1.82) is 0 Å². The largest absolute Gasteiger partial charge is 0.459 e. The molecule has 1 heterocycles. The Labute approximate surface area is 161 Å². The lowest BCUT2D eigenvalue weighted by Gasteiger charge is -2.22. The molecule has 1 saturated heterocycles. The minimum absolute atomic E-state index is 0.124. The number of nitro benzene ring substituents is 1. The van der Waals surface area contributed by atoms with Crippen LogP contribution in [-0.2, 0) is 14.8 Å². The van der Waals surface area contributed by atoms with Crippen molar-refractivity contribution in [3.63, 3.8) is 0 Å². The van der Waals surface area contributed by atoms with Crippen LogP contribution in [0, 0.1) is 10.1 Å². The summed E-state index contributed by atoms with van der Waals surface area (Å²) in [6.45, 7) is 1.57. The van der Waals surface area contributed by atoms with Gasteiger partial charge in [-0.2, -0.15) is 0 Å². The summed E-state index contributed by atoms with van der Waals surface area (Å²) in [5, 5.41) is 13.9. The molecule has 28 heavy (non-hydrogen) atoms. The first-order valence-corrected chi connectivity index (χ1v) is 10.1. The van der Waals surface area contributed by atoms with E-state index in [2.05, 4.69) is 10.0 Å². The van der Waals surface area contributed by atoms with Gasteiger partial charge in [-0.1, -0.05) is 6.07 Å². The average molecular weight is 405 g/mol. The van der Waals surface area contributed by atoms with Gasteiger partial charge in [0.1, 0.15) is 6.10 Å². The minimum Gasteiger partial charge on any atom is -0.459 e. The fourth-order valence-corrected chi connectivity index (χ4v) is 3.85. The van der Waals surface area contributed by atoms with Crippen LogP contribution in [0.3, 0.4) is 0 Å². The highest BCUT2D eigenvalue weighted by molar-refractivity contribution is 7.92. The van der Waals surface area contributed by atoms with E-state index < -0.39 is 20.9 Å². The SMILES string of the molecule is O=C(OC1CCNCC1)c1cccc(NS(=O)(=O)c2ccc([N+](=O)[O-])cc2)c1. The Balaban J connectivity index is 1.72. The Bertz CT molecular complexity index is 969. The van der Waals surface area contributed by atoms with Crippen LogP contribution in [0.2, 0.25) is 0 Å². The maximum absolute atomic E-state index is 12.5. The van der Waals surface area contributed by atoms with E-state index in [0.29, 0.717) is 0 Å². The van der Waals surface area contributed by atoms with E-state index in [1.165, 1.54) is 12.1 Å². The molecule has 0 amide bonds. The second-order valence-electron chi connectivity index (χ2n) is 6.29. The highest BCUT2D eigenvalue weighted by Crippen LogP contribution is 2.21. The van der Waals surface area contributed by atoms with Crippen molar-refractivity contribution in [3.05, 3.63) is 64.2 Å². The summed E-state index contributed by atoms with van der Waals surface area (Å²) in [4.78, 5) is 22.3. The molecule has 0 unspecified atom stereocenters. The van der Waals surface area contributed by atoms with Crippen LogP contribution in [-0.4, -0.2) is 38.5 Å². The molecule has 0 spiro atoms. The van der Waals surface area contributed by atoms with Gasteiger partial charge in [0.05, 0.1) is 15.4 Å². The Hall–Kier alpha value is -2.98. The van der Waals surface area contributed by atoms with Crippen molar-refractivity contribution in [2.24, 2.45) is 0 Å². The molecule has 1 aliphatic heterocycles. The van der Waals surface area contributed by atoms with E-state index in [9.17, 15) is 23.3 Å². The Morgan fingerprint density at radius 2 is 1.82 bits per heavy atom. The fraction of sp³-hybridized carbons (Fsp3) is 0.278. The number of non-ortho nitro benzene ring substituents is 1. The van der Waals surface area contributed by atoms with Crippen LogP contribution in [0.25, 0.3) is 0 Å². The van der Waals surface area contributed by atoms with Gasteiger partial charge in [0.2, 0.25) is 0 Å². The van der Waals surface area contributed by atoms with E-state index in [4.69, 9.17) is 4.74 Å². The van der Waals surface area contributed by atoms with Crippen LogP contribution in [0.15, 0.2) is 53.4 Å². The Morgan fingerprint density at radius 1 is 1.14 bits per heavy atom. The second-order valence-corrected chi connectivity index (χ2v) is 7.97. The summed E-state index contributed by atoms with van der Waals surface area (Å²) in [5.41, 5.74) is 0.224. The van der Waals surface area contributed by atoms with Gasteiger partial charge in [0, 0.05) is 17.8 Å². The predicted octanol–water partition coefficient (Wildman–Crippen LogP) is 2.30. The first-order chi connectivity index (χ1) is 13.3. The zero-order valence-electron chi connectivity index (χ0n) is 14.8. The van der Waals surface area contributed by atoms with Gasteiger partial charge in [-0.25, -0.2) is 13.2 Å². The monoisotopic (exact) mass is 405 g/mol. The molecule has 3 rings (SSSR count). The number of nitrogens with one attached hydrogen (secondary N) is 2. The van der Waals surface area contributed by atoms with Gasteiger partial charge in [-0.3, -0.25) is 14.8 Å². The summed E-state index contributed by atoms with van der Waals surface area (Å²) in [6.07, 6.45) is 1.31. The van der Waals surface area contributed by atoms with Gasteiger partial charge in [0.15, 0.2) is 0 Å². The molecule has 0 bridgehead atoms. The zero-order chi connectivity index (χ0) is 20.1. The number of hydrogen-bond donors (Lipinski definition) is 2. The third-order valence-corrected chi connectivity index (χ3v) is 5.67. The van der Waals surface area contributed by atoms with E-state index in [1.54, 1.807) is 12.1 Å². The Kier molecular flexibility index (Phi) is 5.90. The molecule has 0 saturated carbocycles. The topological polar surface area (TPSA) is 128 Å². The molecular formula is C18H19N3O6S. The molecular weight excluding hydrogens is 386 g/mol.